The van der Waals surface area contributed by atoms with E-state index in [1.165, 1.54) is 0 Å². The number of aryl methyl sites for hydroxylation is 1. The van der Waals surface area contributed by atoms with E-state index in [0.717, 1.165) is 12.0 Å². The molecule has 0 spiro atoms. The fourth-order valence-corrected chi connectivity index (χ4v) is 2.45. The highest BCUT2D eigenvalue weighted by Gasteiger charge is 2.22. The van der Waals surface area contributed by atoms with Gasteiger partial charge >= 0.3 is 5.97 Å². The Balaban J connectivity index is 1.67. The number of rotatable bonds is 5. The van der Waals surface area contributed by atoms with E-state index in [1.54, 1.807) is 37.3 Å². The number of esters is 1. The Morgan fingerprint density at radius 2 is 1.71 bits per heavy atom. The Morgan fingerprint density at radius 1 is 1.04 bits per heavy atom. The van der Waals surface area contributed by atoms with Crippen molar-refractivity contribution in [3.63, 3.8) is 0 Å². The molecule has 0 N–H and O–H groups in total. The van der Waals surface area contributed by atoms with Gasteiger partial charge in [-0.05, 0) is 37.1 Å². The van der Waals surface area contributed by atoms with Gasteiger partial charge in [0.05, 0.1) is 5.56 Å². The average molecular weight is 326 g/mol. The standard InChI is InChI=1S/C19H18O5/c1-3-13-4-6-14(7-5-13)18(20)12(2)24-19(21)15-8-9-16-17(10-15)23-11-22-16/h4-10,12H,3,11H2,1-2H3/t12-/m1/s1. The number of ketones is 1. The van der Waals surface area contributed by atoms with Gasteiger partial charge in [0.2, 0.25) is 12.6 Å². The molecule has 0 fully saturated rings. The highest BCUT2D eigenvalue weighted by Crippen LogP contribution is 2.32. The summed E-state index contributed by atoms with van der Waals surface area (Å²) in [5.41, 5.74) is 2.00. The molecule has 1 aliphatic heterocycles. The molecule has 1 heterocycles. The van der Waals surface area contributed by atoms with E-state index in [9.17, 15) is 9.59 Å². The number of ether oxygens (including phenoxy) is 3. The van der Waals surface area contributed by atoms with Crippen LogP contribution in [0.5, 0.6) is 11.5 Å². The Bertz CT molecular complexity index is 764. The zero-order valence-corrected chi connectivity index (χ0v) is 13.6. The molecule has 5 nitrogen and oxygen atoms in total. The van der Waals surface area contributed by atoms with Crippen molar-refractivity contribution >= 4 is 11.8 Å². The second-order valence-electron chi connectivity index (χ2n) is 5.53. The van der Waals surface area contributed by atoms with E-state index in [1.807, 2.05) is 19.1 Å². The maximum Gasteiger partial charge on any atom is 0.338 e. The fourth-order valence-electron chi connectivity index (χ4n) is 2.45. The first-order valence-corrected chi connectivity index (χ1v) is 7.82. The minimum absolute atomic E-state index is 0.135. The molecule has 5 heteroatoms. The van der Waals surface area contributed by atoms with Gasteiger partial charge < -0.3 is 14.2 Å². The van der Waals surface area contributed by atoms with Crippen LogP contribution in [0.1, 0.15) is 40.1 Å². The summed E-state index contributed by atoms with van der Waals surface area (Å²) in [6.45, 7) is 3.75. The van der Waals surface area contributed by atoms with Crippen LogP contribution in [0.4, 0.5) is 0 Å². The Morgan fingerprint density at radius 3 is 2.42 bits per heavy atom. The summed E-state index contributed by atoms with van der Waals surface area (Å²) in [6.07, 6.45) is 0.0405. The first kappa shape index (κ1) is 16.1. The van der Waals surface area contributed by atoms with Gasteiger partial charge in [0, 0.05) is 5.56 Å². The molecule has 3 rings (SSSR count). The minimum Gasteiger partial charge on any atom is -0.454 e. The van der Waals surface area contributed by atoms with Crippen molar-refractivity contribution in [2.45, 2.75) is 26.4 Å². The number of fused-ring (bicyclic) bond motifs is 1. The van der Waals surface area contributed by atoms with Gasteiger partial charge in [-0.1, -0.05) is 31.2 Å². The monoisotopic (exact) mass is 326 g/mol. The van der Waals surface area contributed by atoms with E-state index in [2.05, 4.69) is 0 Å². The Kier molecular flexibility index (Phi) is 4.51. The largest absolute Gasteiger partial charge is 0.454 e. The van der Waals surface area contributed by atoms with Crippen LogP contribution < -0.4 is 9.47 Å². The lowest BCUT2D eigenvalue weighted by atomic mass is 10.0. The Hall–Kier alpha value is -2.82. The van der Waals surface area contributed by atoms with Gasteiger partial charge in [0.15, 0.2) is 17.6 Å². The second-order valence-corrected chi connectivity index (χ2v) is 5.53. The third kappa shape index (κ3) is 3.25. The molecule has 124 valence electrons. The van der Waals surface area contributed by atoms with Gasteiger partial charge in [-0.25, -0.2) is 4.79 Å². The number of carbonyl (C=O) groups excluding carboxylic acids is 2. The van der Waals surface area contributed by atoms with Crippen molar-refractivity contribution in [1.29, 1.82) is 0 Å². The van der Waals surface area contributed by atoms with Crippen molar-refractivity contribution in [1.82, 2.24) is 0 Å². The molecule has 0 aromatic heterocycles. The lowest BCUT2D eigenvalue weighted by Gasteiger charge is -2.13. The second kappa shape index (κ2) is 6.74. The van der Waals surface area contributed by atoms with Crippen molar-refractivity contribution < 1.29 is 23.8 Å². The number of hydrogen-bond acceptors (Lipinski definition) is 5. The van der Waals surface area contributed by atoms with Crippen LogP contribution in [-0.4, -0.2) is 24.6 Å². The summed E-state index contributed by atoms with van der Waals surface area (Å²) in [5, 5.41) is 0. The van der Waals surface area contributed by atoms with E-state index >= 15 is 0 Å². The highest BCUT2D eigenvalue weighted by atomic mass is 16.7. The molecule has 2 aromatic carbocycles. The van der Waals surface area contributed by atoms with Crippen LogP contribution >= 0.6 is 0 Å². The summed E-state index contributed by atoms with van der Waals surface area (Å²) < 4.78 is 15.7. The third-order valence-corrected chi connectivity index (χ3v) is 3.91. The highest BCUT2D eigenvalue weighted by molar-refractivity contribution is 6.01. The van der Waals surface area contributed by atoms with E-state index in [-0.39, 0.29) is 12.6 Å². The Labute approximate surface area is 140 Å². The predicted octanol–water partition coefficient (Wildman–Crippen LogP) is 3.41. The van der Waals surface area contributed by atoms with Crippen molar-refractivity contribution in [2.75, 3.05) is 6.79 Å². The molecule has 1 atom stereocenters. The summed E-state index contributed by atoms with van der Waals surface area (Å²) in [4.78, 5) is 24.6. The van der Waals surface area contributed by atoms with Crippen molar-refractivity contribution in [3.05, 3.63) is 59.2 Å². The lowest BCUT2D eigenvalue weighted by Crippen LogP contribution is -2.24. The van der Waals surface area contributed by atoms with Gasteiger partial charge in [-0.2, -0.15) is 0 Å². The van der Waals surface area contributed by atoms with Crippen LogP contribution in [0.2, 0.25) is 0 Å². The summed E-state index contributed by atoms with van der Waals surface area (Å²) in [7, 11) is 0. The molecule has 0 saturated carbocycles. The number of Topliss-reactive ketones (excluding diaryl/α,β-unsaturated/α-hetero) is 1. The molecule has 0 aliphatic carbocycles. The molecule has 0 unspecified atom stereocenters. The van der Waals surface area contributed by atoms with Gasteiger partial charge in [-0.3, -0.25) is 4.79 Å². The molecule has 24 heavy (non-hydrogen) atoms. The first-order chi connectivity index (χ1) is 11.6. The maximum absolute atomic E-state index is 12.4. The molecule has 0 bridgehead atoms. The molecule has 0 radical (unpaired) electrons. The normalized spacial score (nSPS) is 13.4. The number of benzene rings is 2. The topological polar surface area (TPSA) is 61.8 Å². The van der Waals surface area contributed by atoms with Crippen LogP contribution in [0, 0.1) is 0 Å². The van der Waals surface area contributed by atoms with Crippen LogP contribution in [0.25, 0.3) is 0 Å². The van der Waals surface area contributed by atoms with Gasteiger partial charge in [-0.15, -0.1) is 0 Å². The zero-order valence-electron chi connectivity index (χ0n) is 13.6. The summed E-state index contributed by atoms with van der Waals surface area (Å²) in [6, 6.07) is 12.1. The zero-order chi connectivity index (χ0) is 17.1. The third-order valence-electron chi connectivity index (χ3n) is 3.91. The van der Waals surface area contributed by atoms with E-state index < -0.39 is 12.1 Å². The molecular formula is C19H18O5. The van der Waals surface area contributed by atoms with Crippen LogP contribution in [0.15, 0.2) is 42.5 Å². The van der Waals surface area contributed by atoms with Crippen molar-refractivity contribution in [3.8, 4) is 11.5 Å². The van der Waals surface area contributed by atoms with E-state index in [4.69, 9.17) is 14.2 Å². The molecule has 0 saturated heterocycles. The molecule has 1 aliphatic rings. The summed E-state index contributed by atoms with van der Waals surface area (Å²) >= 11 is 0. The quantitative estimate of drug-likeness (QED) is 0.622. The lowest BCUT2D eigenvalue weighted by molar-refractivity contribution is 0.0318. The first-order valence-electron chi connectivity index (χ1n) is 7.82. The van der Waals surface area contributed by atoms with Crippen LogP contribution in [0.3, 0.4) is 0 Å². The maximum atomic E-state index is 12.4. The summed E-state index contributed by atoms with van der Waals surface area (Å²) in [5.74, 6) is 0.288. The minimum atomic E-state index is -0.865. The molecule has 2 aromatic rings. The predicted molar refractivity (Wildman–Crippen MR) is 87.6 cm³/mol. The SMILES string of the molecule is CCc1ccc(C(=O)[C@@H](C)OC(=O)c2ccc3c(c2)OCO3)cc1. The average Bonchev–Trinajstić information content (AvgIpc) is 3.08. The fraction of sp³-hybridized carbons (Fsp3) is 0.263. The molecular weight excluding hydrogens is 308 g/mol. The number of carbonyl (C=O) groups is 2. The van der Waals surface area contributed by atoms with Gasteiger partial charge in [0.1, 0.15) is 0 Å². The van der Waals surface area contributed by atoms with Gasteiger partial charge in [0.25, 0.3) is 0 Å². The molecule has 0 amide bonds. The van der Waals surface area contributed by atoms with Crippen molar-refractivity contribution in [2.24, 2.45) is 0 Å². The number of hydrogen-bond donors (Lipinski definition) is 0. The smallest absolute Gasteiger partial charge is 0.338 e. The van der Waals surface area contributed by atoms with Crippen LogP contribution in [-0.2, 0) is 11.2 Å². The van der Waals surface area contributed by atoms with E-state index in [0.29, 0.717) is 22.6 Å².